The Balaban J connectivity index is 3.39. The predicted molar refractivity (Wildman–Crippen MR) is 82.8 cm³/mol. The maximum Gasteiger partial charge on any atom is 0.250 e. The number of methoxy groups -OCH3 is 2. The van der Waals surface area contributed by atoms with Crippen molar-refractivity contribution in [2.24, 2.45) is 0 Å². The summed E-state index contributed by atoms with van der Waals surface area (Å²) >= 11 is 0. The molecule has 5 heteroatoms. The summed E-state index contributed by atoms with van der Waals surface area (Å²) in [6.45, 7) is 10.7. The summed E-state index contributed by atoms with van der Waals surface area (Å²) in [5.41, 5.74) is 0.400. The van der Waals surface area contributed by atoms with Gasteiger partial charge in [0.1, 0.15) is 11.3 Å². The van der Waals surface area contributed by atoms with Gasteiger partial charge in [0.15, 0.2) is 17.8 Å². The van der Waals surface area contributed by atoms with Gasteiger partial charge in [0.05, 0.1) is 14.2 Å². The van der Waals surface area contributed by atoms with Crippen LogP contribution in [0.1, 0.15) is 31.1 Å². The zero-order chi connectivity index (χ0) is 15.6. The quantitative estimate of drug-likeness (QED) is 0.610. The van der Waals surface area contributed by atoms with E-state index in [0.29, 0.717) is 22.8 Å². The van der Waals surface area contributed by atoms with Crippen molar-refractivity contribution in [2.75, 3.05) is 14.2 Å². The number of rotatable bonds is 5. The Morgan fingerprint density at radius 2 is 1.55 bits per heavy atom. The van der Waals surface area contributed by atoms with Gasteiger partial charge in [-0.25, -0.2) is 0 Å². The summed E-state index contributed by atoms with van der Waals surface area (Å²) in [4.78, 5) is 11.4. The first-order valence-electron chi connectivity index (χ1n) is 6.57. The molecule has 0 spiro atoms. The van der Waals surface area contributed by atoms with Crippen LogP contribution in [-0.2, 0) is 0 Å². The number of hydrogen-bond acceptors (Lipinski definition) is 4. The zero-order valence-electron chi connectivity index (χ0n) is 13.4. The summed E-state index contributed by atoms with van der Waals surface area (Å²) in [6.07, 6.45) is 0.754. The standard InChI is InChI=1S/C15H24O4Si/c1-15(2,3)20(6,7)19-14-11(10-16)12(17-4)8-9-13(14)18-5/h8-10H,1-7H3. The number of hydrogen-bond donors (Lipinski definition) is 0. The number of aldehydes is 1. The van der Waals surface area contributed by atoms with Crippen molar-refractivity contribution in [2.45, 2.75) is 38.9 Å². The van der Waals surface area contributed by atoms with Crippen LogP contribution in [0.2, 0.25) is 18.1 Å². The first-order chi connectivity index (χ1) is 9.17. The predicted octanol–water partition coefficient (Wildman–Crippen LogP) is 3.90. The van der Waals surface area contributed by atoms with Gasteiger partial charge in [-0.1, -0.05) is 20.8 Å². The minimum absolute atomic E-state index is 0.0290. The summed E-state index contributed by atoms with van der Waals surface area (Å²) < 4.78 is 16.8. The van der Waals surface area contributed by atoms with Crippen LogP contribution in [0.5, 0.6) is 17.2 Å². The third-order valence-corrected chi connectivity index (χ3v) is 8.17. The van der Waals surface area contributed by atoms with E-state index in [2.05, 4.69) is 33.9 Å². The fourth-order valence-electron chi connectivity index (χ4n) is 1.53. The Kier molecular flexibility index (Phi) is 4.86. The number of benzene rings is 1. The minimum atomic E-state index is -2.07. The first kappa shape index (κ1) is 16.6. The first-order valence-corrected chi connectivity index (χ1v) is 9.48. The minimum Gasteiger partial charge on any atom is -0.540 e. The van der Waals surface area contributed by atoms with Gasteiger partial charge in [0.25, 0.3) is 8.32 Å². The molecule has 0 unspecified atom stereocenters. The van der Waals surface area contributed by atoms with Gasteiger partial charge in [0.2, 0.25) is 0 Å². The van der Waals surface area contributed by atoms with Gasteiger partial charge in [-0.2, -0.15) is 0 Å². The molecule has 0 atom stereocenters. The Morgan fingerprint density at radius 1 is 1.05 bits per heavy atom. The van der Waals surface area contributed by atoms with Crippen molar-refractivity contribution in [1.29, 1.82) is 0 Å². The molecule has 0 amide bonds. The number of carbonyl (C=O) groups is 1. The fraction of sp³-hybridized carbons (Fsp3) is 0.533. The van der Waals surface area contributed by atoms with Crippen molar-refractivity contribution < 1.29 is 18.7 Å². The van der Waals surface area contributed by atoms with Crippen molar-refractivity contribution in [3.8, 4) is 17.2 Å². The van der Waals surface area contributed by atoms with Crippen molar-refractivity contribution >= 4 is 14.6 Å². The second-order valence-corrected chi connectivity index (χ2v) is 10.9. The molecule has 0 aliphatic carbocycles. The van der Waals surface area contributed by atoms with Crippen LogP contribution < -0.4 is 13.9 Å². The second kappa shape index (κ2) is 5.87. The lowest BCUT2D eigenvalue weighted by molar-refractivity contribution is 0.111. The Morgan fingerprint density at radius 3 is 1.95 bits per heavy atom. The van der Waals surface area contributed by atoms with Crippen molar-refractivity contribution in [1.82, 2.24) is 0 Å². The average Bonchev–Trinajstić information content (AvgIpc) is 2.36. The van der Waals surface area contributed by atoms with Gasteiger partial charge in [0, 0.05) is 0 Å². The van der Waals surface area contributed by atoms with E-state index in [1.807, 2.05) is 0 Å². The van der Waals surface area contributed by atoms with E-state index in [9.17, 15) is 4.79 Å². The number of ether oxygens (including phenoxy) is 2. The molecule has 20 heavy (non-hydrogen) atoms. The second-order valence-electron chi connectivity index (χ2n) is 6.19. The van der Waals surface area contributed by atoms with E-state index in [1.54, 1.807) is 19.2 Å². The lowest BCUT2D eigenvalue weighted by atomic mass is 10.2. The van der Waals surface area contributed by atoms with Gasteiger partial charge in [-0.15, -0.1) is 0 Å². The van der Waals surface area contributed by atoms with E-state index in [-0.39, 0.29) is 5.04 Å². The lowest BCUT2D eigenvalue weighted by Crippen LogP contribution is -2.44. The van der Waals surface area contributed by atoms with Crippen molar-refractivity contribution in [3.63, 3.8) is 0 Å². The molecule has 0 saturated heterocycles. The molecule has 1 rings (SSSR count). The molecule has 0 aliphatic rings. The van der Waals surface area contributed by atoms with E-state index in [0.717, 1.165) is 6.29 Å². The van der Waals surface area contributed by atoms with Gasteiger partial charge < -0.3 is 13.9 Å². The maximum atomic E-state index is 11.4. The SMILES string of the molecule is COc1ccc(OC)c(O[Si](C)(C)C(C)(C)C)c1C=O. The molecule has 1 aromatic rings. The lowest BCUT2D eigenvalue weighted by Gasteiger charge is -2.37. The van der Waals surface area contributed by atoms with Crippen LogP contribution in [0.25, 0.3) is 0 Å². The summed E-state index contributed by atoms with van der Waals surface area (Å²) in [7, 11) is 1.03. The zero-order valence-corrected chi connectivity index (χ0v) is 14.4. The molecule has 0 bridgehead atoms. The van der Waals surface area contributed by atoms with Gasteiger partial charge in [-0.3, -0.25) is 4.79 Å². The maximum absolute atomic E-state index is 11.4. The molecule has 0 aromatic heterocycles. The van der Waals surface area contributed by atoms with E-state index in [4.69, 9.17) is 13.9 Å². The highest BCUT2D eigenvalue weighted by atomic mass is 28.4. The molecule has 0 radical (unpaired) electrons. The molecule has 0 N–H and O–H groups in total. The fourth-order valence-corrected chi connectivity index (χ4v) is 2.55. The van der Waals surface area contributed by atoms with Crippen LogP contribution in [0.15, 0.2) is 12.1 Å². The largest absolute Gasteiger partial charge is 0.540 e. The molecule has 1 aromatic carbocycles. The summed E-state index contributed by atoms with van der Waals surface area (Å²) in [6, 6.07) is 3.47. The monoisotopic (exact) mass is 296 g/mol. The Hall–Kier alpha value is -1.49. The Labute approximate surface area is 122 Å². The normalized spacial score (nSPS) is 11.9. The molecule has 0 heterocycles. The third kappa shape index (κ3) is 3.15. The van der Waals surface area contributed by atoms with Crippen LogP contribution in [-0.4, -0.2) is 28.8 Å². The summed E-state index contributed by atoms with van der Waals surface area (Å²) in [5, 5.41) is 0.0290. The highest BCUT2D eigenvalue weighted by Gasteiger charge is 2.40. The highest BCUT2D eigenvalue weighted by Crippen LogP contribution is 2.43. The number of carbonyl (C=O) groups excluding carboxylic acids is 1. The molecule has 112 valence electrons. The topological polar surface area (TPSA) is 44.8 Å². The van der Waals surface area contributed by atoms with E-state index >= 15 is 0 Å². The molecule has 0 saturated carbocycles. The van der Waals surface area contributed by atoms with Gasteiger partial charge >= 0.3 is 0 Å². The third-order valence-electron chi connectivity index (χ3n) is 3.84. The van der Waals surface area contributed by atoms with Gasteiger partial charge in [-0.05, 0) is 30.3 Å². The molecule has 0 fully saturated rings. The molecular formula is C15H24O4Si. The smallest absolute Gasteiger partial charge is 0.250 e. The molecule has 4 nitrogen and oxygen atoms in total. The summed E-state index contributed by atoms with van der Waals surface area (Å²) in [5.74, 6) is 1.53. The molecular weight excluding hydrogens is 272 g/mol. The van der Waals surface area contributed by atoms with Crippen LogP contribution in [0.3, 0.4) is 0 Å². The van der Waals surface area contributed by atoms with E-state index < -0.39 is 8.32 Å². The van der Waals surface area contributed by atoms with Crippen molar-refractivity contribution in [3.05, 3.63) is 17.7 Å². The van der Waals surface area contributed by atoms with Crippen LogP contribution in [0, 0.1) is 0 Å². The van der Waals surface area contributed by atoms with E-state index in [1.165, 1.54) is 7.11 Å². The molecule has 0 aliphatic heterocycles. The van der Waals surface area contributed by atoms with Crippen LogP contribution in [0.4, 0.5) is 0 Å². The average molecular weight is 296 g/mol. The highest BCUT2D eigenvalue weighted by molar-refractivity contribution is 6.74. The van der Waals surface area contributed by atoms with Crippen LogP contribution >= 0.6 is 0 Å². The Bertz CT molecular complexity index is 489.